The van der Waals surface area contributed by atoms with Crippen LogP contribution in [-0.2, 0) is 16.0 Å². The van der Waals surface area contributed by atoms with Gasteiger partial charge in [0.1, 0.15) is 18.6 Å². The summed E-state index contributed by atoms with van der Waals surface area (Å²) in [5.74, 6) is -1.82. The first-order chi connectivity index (χ1) is 11.5. The van der Waals surface area contributed by atoms with Gasteiger partial charge in [-0.15, -0.1) is 0 Å². The van der Waals surface area contributed by atoms with Crippen molar-refractivity contribution in [2.24, 2.45) is 5.16 Å². The largest absolute Gasteiger partial charge is 0.610 e. The van der Waals surface area contributed by atoms with Gasteiger partial charge in [0, 0.05) is 16.7 Å². The fourth-order valence-corrected chi connectivity index (χ4v) is 4.02. The van der Waals surface area contributed by atoms with E-state index in [1.54, 1.807) is 0 Å². The summed E-state index contributed by atoms with van der Waals surface area (Å²) in [5, 5.41) is 3.96. The summed E-state index contributed by atoms with van der Waals surface area (Å²) in [5.41, 5.74) is 1.30. The molecule has 0 radical (unpaired) electrons. The minimum atomic E-state index is -2.38. The van der Waals surface area contributed by atoms with Gasteiger partial charge in [-0.3, -0.25) is 0 Å². The second kappa shape index (κ2) is 8.86. The summed E-state index contributed by atoms with van der Waals surface area (Å²) in [4.78, 5) is 9.47. The number of aromatic nitrogens is 1. The van der Waals surface area contributed by atoms with Crippen LogP contribution in [-0.4, -0.2) is 28.1 Å². The predicted molar refractivity (Wildman–Crippen MR) is 87.4 cm³/mol. The first kappa shape index (κ1) is 18.5. The highest BCUT2D eigenvalue weighted by molar-refractivity contribution is 7.93. The van der Waals surface area contributed by atoms with Gasteiger partial charge in [0.2, 0.25) is 0 Å². The fraction of sp³-hybridized carbons (Fsp3) is 0.200. The van der Waals surface area contributed by atoms with E-state index >= 15 is 0 Å². The minimum Gasteiger partial charge on any atom is -0.610 e. The van der Waals surface area contributed by atoms with E-state index in [9.17, 15) is 17.7 Å². The molecule has 1 aromatic carbocycles. The molecule has 24 heavy (non-hydrogen) atoms. The van der Waals surface area contributed by atoms with Crippen LogP contribution in [0.15, 0.2) is 57.9 Å². The lowest BCUT2D eigenvalue weighted by molar-refractivity contribution is 0.214. The number of hydrogen-bond donors (Lipinski definition) is 0. The van der Waals surface area contributed by atoms with E-state index in [2.05, 4.69) is 10.1 Å². The van der Waals surface area contributed by atoms with E-state index in [1.807, 2.05) is 30.3 Å². The Labute approximate surface area is 143 Å². The Kier molecular flexibility index (Phi) is 6.83. The van der Waals surface area contributed by atoms with Gasteiger partial charge < -0.3 is 9.39 Å². The molecule has 1 atom stereocenters. The minimum absolute atomic E-state index is 0.219. The van der Waals surface area contributed by atoms with Crippen molar-refractivity contribution in [1.82, 2.24) is 4.98 Å². The summed E-state index contributed by atoms with van der Waals surface area (Å²) in [6, 6.07) is 9.19. The third-order valence-corrected chi connectivity index (χ3v) is 5.53. The molecule has 0 aliphatic carbocycles. The first-order valence-electron chi connectivity index (χ1n) is 6.73. The molecular formula is C15H13F3N2O2S2. The molecule has 9 heteroatoms. The van der Waals surface area contributed by atoms with Gasteiger partial charge in [-0.25, -0.2) is 4.39 Å². The van der Waals surface area contributed by atoms with Crippen molar-refractivity contribution >= 4 is 28.2 Å². The second-order valence-electron chi connectivity index (χ2n) is 4.44. The lowest BCUT2D eigenvalue weighted by Gasteiger charge is -2.05. The molecule has 0 saturated carbocycles. The highest BCUT2D eigenvalue weighted by Crippen LogP contribution is 2.24. The maximum Gasteiger partial charge on any atom is 0.302 e. The van der Waals surface area contributed by atoms with Gasteiger partial charge in [0.25, 0.3) is 0 Å². The van der Waals surface area contributed by atoms with Crippen molar-refractivity contribution < 1.29 is 22.6 Å². The second-order valence-corrected chi connectivity index (χ2v) is 7.22. The van der Waals surface area contributed by atoms with E-state index < -0.39 is 29.5 Å². The molecule has 2 aromatic rings. The van der Waals surface area contributed by atoms with Crippen LogP contribution in [0.3, 0.4) is 0 Å². The Hall–Kier alpha value is -1.84. The normalized spacial score (nSPS) is 12.8. The molecule has 0 spiro atoms. The average Bonchev–Trinajstić information content (AvgIpc) is 3.07. The summed E-state index contributed by atoms with van der Waals surface area (Å²) in [7, 11) is 1.41. The van der Waals surface area contributed by atoms with E-state index in [4.69, 9.17) is 4.84 Å². The van der Waals surface area contributed by atoms with Crippen LogP contribution < -0.4 is 0 Å². The van der Waals surface area contributed by atoms with Crippen molar-refractivity contribution in [3.05, 3.63) is 58.9 Å². The SMILES string of the molecule is CO/N=C(\c1ccccc1)c1cnc([S+]([O-])CCC(F)=C(F)F)s1. The van der Waals surface area contributed by atoms with Crippen LogP contribution in [0.5, 0.6) is 0 Å². The topological polar surface area (TPSA) is 57.5 Å². The molecule has 1 aromatic heterocycles. The predicted octanol–water partition coefficient (Wildman–Crippen LogP) is 4.12. The molecule has 0 bridgehead atoms. The van der Waals surface area contributed by atoms with Crippen molar-refractivity contribution in [2.45, 2.75) is 10.8 Å². The third kappa shape index (κ3) is 4.83. The van der Waals surface area contributed by atoms with Crippen LogP contribution in [0.4, 0.5) is 13.2 Å². The lowest BCUT2D eigenvalue weighted by Crippen LogP contribution is -2.06. The van der Waals surface area contributed by atoms with Crippen LogP contribution in [0, 0.1) is 0 Å². The lowest BCUT2D eigenvalue weighted by atomic mass is 10.1. The summed E-state index contributed by atoms with van der Waals surface area (Å²) >= 11 is -0.577. The quantitative estimate of drug-likeness (QED) is 0.416. The molecule has 0 aliphatic rings. The van der Waals surface area contributed by atoms with E-state index in [-0.39, 0.29) is 10.1 Å². The monoisotopic (exact) mass is 374 g/mol. The maximum atomic E-state index is 12.8. The number of halogens is 3. The molecular weight excluding hydrogens is 361 g/mol. The van der Waals surface area contributed by atoms with Gasteiger partial charge in [-0.2, -0.15) is 13.8 Å². The van der Waals surface area contributed by atoms with Gasteiger partial charge >= 0.3 is 10.4 Å². The molecule has 0 amide bonds. The number of thiazole rings is 1. The Morgan fingerprint density at radius 2 is 2.00 bits per heavy atom. The standard InChI is InChI=1S/C15H13F3N2O2S2/c1-22-20-13(10-5-3-2-4-6-10)12-9-19-15(23-12)24(21)8-7-11(16)14(17)18/h2-6,9H,7-8H2,1H3/b20-13+. The van der Waals surface area contributed by atoms with Crippen molar-refractivity contribution in [3.8, 4) is 0 Å². The third-order valence-electron chi connectivity index (χ3n) is 2.85. The number of oxime groups is 1. The molecule has 0 N–H and O–H groups in total. The molecule has 128 valence electrons. The molecule has 0 saturated heterocycles. The molecule has 2 rings (SSSR count). The zero-order valence-corrected chi connectivity index (χ0v) is 14.2. The number of benzene rings is 1. The summed E-state index contributed by atoms with van der Waals surface area (Å²) < 4.78 is 49.1. The Balaban J connectivity index is 2.16. The Morgan fingerprint density at radius 3 is 2.62 bits per heavy atom. The molecule has 1 heterocycles. The molecule has 1 unspecified atom stereocenters. The Morgan fingerprint density at radius 1 is 1.29 bits per heavy atom. The van der Waals surface area contributed by atoms with Gasteiger partial charge in [-0.05, 0) is 0 Å². The van der Waals surface area contributed by atoms with Crippen molar-refractivity contribution in [3.63, 3.8) is 0 Å². The summed E-state index contributed by atoms with van der Waals surface area (Å²) in [6.45, 7) is 0. The Bertz CT molecular complexity index is 731. The van der Waals surface area contributed by atoms with Crippen LogP contribution in [0.1, 0.15) is 16.9 Å². The van der Waals surface area contributed by atoms with E-state index in [0.29, 0.717) is 10.6 Å². The van der Waals surface area contributed by atoms with Gasteiger partial charge in [0.05, 0.1) is 17.5 Å². The van der Waals surface area contributed by atoms with Crippen molar-refractivity contribution in [1.29, 1.82) is 0 Å². The zero-order valence-electron chi connectivity index (χ0n) is 12.5. The molecule has 0 fully saturated rings. The van der Waals surface area contributed by atoms with Crippen molar-refractivity contribution in [2.75, 3.05) is 12.9 Å². The zero-order chi connectivity index (χ0) is 17.5. The highest BCUT2D eigenvalue weighted by atomic mass is 32.2. The fourth-order valence-electron chi connectivity index (χ4n) is 1.76. The molecule has 0 aliphatic heterocycles. The number of hydrogen-bond acceptors (Lipinski definition) is 5. The maximum absolute atomic E-state index is 12.8. The van der Waals surface area contributed by atoms with E-state index in [0.717, 1.165) is 16.9 Å². The highest BCUT2D eigenvalue weighted by Gasteiger charge is 2.21. The molecule has 4 nitrogen and oxygen atoms in total. The summed E-state index contributed by atoms with van der Waals surface area (Å²) in [6.07, 6.45) is -1.50. The number of rotatable bonds is 7. The number of allylic oxidation sites excluding steroid dienone is 1. The van der Waals surface area contributed by atoms with Gasteiger partial charge in [0.15, 0.2) is 5.83 Å². The average molecular weight is 374 g/mol. The number of nitrogens with zero attached hydrogens (tertiary/aromatic N) is 2. The van der Waals surface area contributed by atoms with Gasteiger partial charge in [-0.1, -0.05) is 46.8 Å². The first-order valence-corrected chi connectivity index (χ1v) is 8.87. The smallest absolute Gasteiger partial charge is 0.302 e. The van der Waals surface area contributed by atoms with Crippen LogP contribution >= 0.6 is 11.3 Å². The van der Waals surface area contributed by atoms with E-state index in [1.165, 1.54) is 13.3 Å². The van der Waals surface area contributed by atoms with Crippen LogP contribution in [0.25, 0.3) is 0 Å². The van der Waals surface area contributed by atoms with Crippen LogP contribution in [0.2, 0.25) is 0 Å².